The van der Waals surface area contributed by atoms with E-state index in [1.165, 1.54) is 12.1 Å². The molecule has 0 saturated carbocycles. The van der Waals surface area contributed by atoms with Crippen molar-refractivity contribution in [2.75, 3.05) is 24.6 Å². The van der Waals surface area contributed by atoms with E-state index in [0.717, 1.165) is 31.6 Å². The Morgan fingerprint density at radius 1 is 1.18 bits per heavy atom. The minimum atomic E-state index is -0.191. The smallest absolute Gasteiger partial charge is 0.123 e. The standard InChI is InChI=1S/C12H16FNO.C2H6/c13-11-1-3-12(4-2-11)14-7-5-10(9-15)6-8-14;1-2/h1-4,10,15H,5-9H2;1-2H3. The van der Waals surface area contributed by atoms with Crippen molar-refractivity contribution in [2.45, 2.75) is 26.7 Å². The van der Waals surface area contributed by atoms with Crippen LogP contribution in [0.5, 0.6) is 0 Å². The number of aliphatic hydroxyl groups excluding tert-OH is 1. The first-order valence-corrected chi connectivity index (χ1v) is 6.41. The van der Waals surface area contributed by atoms with Crippen LogP contribution < -0.4 is 4.90 Å². The first-order chi connectivity index (χ1) is 8.29. The van der Waals surface area contributed by atoms with E-state index in [0.29, 0.717) is 5.92 Å². The maximum absolute atomic E-state index is 12.7. The van der Waals surface area contributed by atoms with Crippen molar-refractivity contribution in [1.82, 2.24) is 0 Å². The highest BCUT2D eigenvalue weighted by atomic mass is 19.1. The van der Waals surface area contributed by atoms with E-state index < -0.39 is 0 Å². The summed E-state index contributed by atoms with van der Waals surface area (Å²) in [5, 5.41) is 9.02. The molecule has 0 atom stereocenters. The lowest BCUT2D eigenvalue weighted by Gasteiger charge is -2.32. The molecule has 1 aromatic carbocycles. The fourth-order valence-electron chi connectivity index (χ4n) is 2.03. The highest BCUT2D eigenvalue weighted by Gasteiger charge is 2.18. The number of rotatable bonds is 2. The zero-order valence-corrected chi connectivity index (χ0v) is 10.7. The molecule has 0 aliphatic carbocycles. The van der Waals surface area contributed by atoms with Crippen LogP contribution in [0, 0.1) is 11.7 Å². The molecule has 0 radical (unpaired) electrons. The van der Waals surface area contributed by atoms with Crippen LogP contribution in [0.3, 0.4) is 0 Å². The Hall–Kier alpha value is -1.09. The summed E-state index contributed by atoms with van der Waals surface area (Å²) in [4.78, 5) is 2.24. The number of hydrogen-bond acceptors (Lipinski definition) is 2. The molecule has 0 bridgehead atoms. The van der Waals surface area contributed by atoms with E-state index in [4.69, 9.17) is 5.11 Å². The second kappa shape index (κ2) is 7.28. The molecular formula is C14H22FNO. The van der Waals surface area contributed by atoms with Gasteiger partial charge >= 0.3 is 0 Å². The molecule has 3 heteroatoms. The zero-order valence-electron chi connectivity index (χ0n) is 10.7. The van der Waals surface area contributed by atoms with E-state index in [-0.39, 0.29) is 12.4 Å². The number of nitrogens with zero attached hydrogens (tertiary/aromatic N) is 1. The lowest BCUT2D eigenvalue weighted by atomic mass is 9.97. The van der Waals surface area contributed by atoms with Crippen LogP contribution in [-0.2, 0) is 0 Å². The molecule has 1 aliphatic rings. The predicted molar refractivity (Wildman–Crippen MR) is 69.8 cm³/mol. The Kier molecular flexibility index (Phi) is 5.98. The van der Waals surface area contributed by atoms with Gasteiger partial charge in [0.25, 0.3) is 0 Å². The number of anilines is 1. The Balaban J connectivity index is 0.000000686. The maximum atomic E-state index is 12.7. The fraction of sp³-hybridized carbons (Fsp3) is 0.571. The van der Waals surface area contributed by atoms with Gasteiger partial charge in [-0.3, -0.25) is 0 Å². The van der Waals surface area contributed by atoms with Crippen LogP contribution in [0.1, 0.15) is 26.7 Å². The van der Waals surface area contributed by atoms with Gasteiger partial charge in [0.1, 0.15) is 5.82 Å². The third kappa shape index (κ3) is 4.00. The molecule has 0 spiro atoms. The lowest BCUT2D eigenvalue weighted by Crippen LogP contribution is -2.34. The van der Waals surface area contributed by atoms with Gasteiger partial charge in [0, 0.05) is 25.4 Å². The number of piperidine rings is 1. The van der Waals surface area contributed by atoms with E-state index >= 15 is 0 Å². The molecule has 1 N–H and O–H groups in total. The number of hydrogen-bond donors (Lipinski definition) is 1. The van der Waals surface area contributed by atoms with Gasteiger partial charge in [0.2, 0.25) is 0 Å². The third-order valence-corrected chi connectivity index (χ3v) is 3.06. The molecular weight excluding hydrogens is 217 g/mol. The van der Waals surface area contributed by atoms with Crippen LogP contribution in [0.15, 0.2) is 24.3 Å². The van der Waals surface area contributed by atoms with Gasteiger partial charge in [-0.25, -0.2) is 4.39 Å². The molecule has 2 nitrogen and oxygen atoms in total. The lowest BCUT2D eigenvalue weighted by molar-refractivity contribution is 0.203. The van der Waals surface area contributed by atoms with Gasteiger partial charge < -0.3 is 10.0 Å². The summed E-state index contributed by atoms with van der Waals surface area (Å²) < 4.78 is 12.7. The van der Waals surface area contributed by atoms with E-state index in [9.17, 15) is 4.39 Å². The third-order valence-electron chi connectivity index (χ3n) is 3.06. The predicted octanol–water partition coefficient (Wildman–Crippen LogP) is 3.06. The van der Waals surface area contributed by atoms with E-state index in [2.05, 4.69) is 4.90 Å². The second-order valence-electron chi connectivity index (χ2n) is 4.09. The summed E-state index contributed by atoms with van der Waals surface area (Å²) in [5.41, 5.74) is 1.08. The molecule has 1 aromatic rings. The van der Waals surface area contributed by atoms with E-state index in [1.807, 2.05) is 26.0 Å². The average Bonchev–Trinajstić information content (AvgIpc) is 2.42. The molecule has 96 valence electrons. The van der Waals surface area contributed by atoms with Gasteiger partial charge in [0.05, 0.1) is 0 Å². The van der Waals surface area contributed by atoms with Crippen LogP contribution >= 0.6 is 0 Å². The summed E-state index contributed by atoms with van der Waals surface area (Å²) in [6.07, 6.45) is 2.04. The first-order valence-electron chi connectivity index (χ1n) is 6.41. The highest BCUT2D eigenvalue weighted by Crippen LogP contribution is 2.22. The number of aliphatic hydroxyl groups is 1. The molecule has 1 aliphatic heterocycles. The number of halogens is 1. The monoisotopic (exact) mass is 239 g/mol. The van der Waals surface area contributed by atoms with Crippen molar-refractivity contribution in [3.05, 3.63) is 30.1 Å². The minimum absolute atomic E-state index is 0.191. The van der Waals surface area contributed by atoms with Gasteiger partial charge in [0.15, 0.2) is 0 Å². The van der Waals surface area contributed by atoms with Crippen LogP contribution in [0.4, 0.5) is 10.1 Å². The fourth-order valence-corrected chi connectivity index (χ4v) is 2.03. The van der Waals surface area contributed by atoms with Crippen molar-refractivity contribution < 1.29 is 9.50 Å². The van der Waals surface area contributed by atoms with Crippen molar-refractivity contribution in [1.29, 1.82) is 0 Å². The molecule has 17 heavy (non-hydrogen) atoms. The Morgan fingerprint density at radius 3 is 2.18 bits per heavy atom. The Labute approximate surface area is 103 Å². The molecule has 1 fully saturated rings. The molecule has 1 saturated heterocycles. The average molecular weight is 239 g/mol. The Morgan fingerprint density at radius 2 is 1.71 bits per heavy atom. The van der Waals surface area contributed by atoms with Crippen molar-refractivity contribution in [3.63, 3.8) is 0 Å². The summed E-state index contributed by atoms with van der Waals surface area (Å²) >= 11 is 0. The molecule has 0 unspecified atom stereocenters. The SMILES string of the molecule is CC.OCC1CCN(c2ccc(F)cc2)CC1. The highest BCUT2D eigenvalue weighted by molar-refractivity contribution is 5.46. The van der Waals surface area contributed by atoms with Gasteiger partial charge in [-0.15, -0.1) is 0 Å². The topological polar surface area (TPSA) is 23.5 Å². The first kappa shape index (κ1) is 14.0. The normalized spacial score (nSPS) is 16.4. The van der Waals surface area contributed by atoms with Crippen molar-refractivity contribution in [3.8, 4) is 0 Å². The largest absolute Gasteiger partial charge is 0.396 e. The molecule has 2 rings (SSSR count). The molecule has 1 heterocycles. The minimum Gasteiger partial charge on any atom is -0.396 e. The zero-order chi connectivity index (χ0) is 12.7. The quantitative estimate of drug-likeness (QED) is 0.857. The maximum Gasteiger partial charge on any atom is 0.123 e. The van der Waals surface area contributed by atoms with Crippen LogP contribution in [0.2, 0.25) is 0 Å². The van der Waals surface area contributed by atoms with E-state index in [1.54, 1.807) is 0 Å². The second-order valence-corrected chi connectivity index (χ2v) is 4.09. The van der Waals surface area contributed by atoms with Gasteiger partial charge in [-0.05, 0) is 43.0 Å². The van der Waals surface area contributed by atoms with Gasteiger partial charge in [-0.1, -0.05) is 13.8 Å². The molecule has 0 aromatic heterocycles. The summed E-state index contributed by atoms with van der Waals surface area (Å²) in [7, 11) is 0. The van der Waals surface area contributed by atoms with Crippen molar-refractivity contribution in [2.24, 2.45) is 5.92 Å². The van der Waals surface area contributed by atoms with Crippen molar-refractivity contribution >= 4 is 5.69 Å². The van der Waals surface area contributed by atoms with Crippen LogP contribution in [-0.4, -0.2) is 24.8 Å². The van der Waals surface area contributed by atoms with Gasteiger partial charge in [-0.2, -0.15) is 0 Å². The summed E-state index contributed by atoms with van der Waals surface area (Å²) in [6.45, 7) is 6.20. The summed E-state index contributed by atoms with van der Waals surface area (Å²) in [6, 6.07) is 6.62. The summed E-state index contributed by atoms with van der Waals surface area (Å²) in [5.74, 6) is 0.255. The molecule has 0 amide bonds. The number of benzene rings is 1. The Bertz CT molecular complexity index is 305. The van der Waals surface area contributed by atoms with Crippen LogP contribution in [0.25, 0.3) is 0 Å².